The lowest BCUT2D eigenvalue weighted by Gasteiger charge is -2.34. The van der Waals surface area contributed by atoms with E-state index in [-0.39, 0.29) is 17.7 Å². The largest absolute Gasteiger partial charge is 0.467 e. The molecule has 0 saturated carbocycles. The topological polar surface area (TPSA) is 73.0 Å². The van der Waals surface area contributed by atoms with Gasteiger partial charge in [-0.05, 0) is 42.2 Å². The lowest BCUT2D eigenvalue weighted by Crippen LogP contribution is -2.33. The minimum atomic E-state index is -0.383. The van der Waals surface area contributed by atoms with Crippen LogP contribution < -0.4 is 5.32 Å². The minimum Gasteiger partial charge on any atom is -0.467 e. The number of halogens is 1. The van der Waals surface area contributed by atoms with Gasteiger partial charge in [-0.15, -0.1) is 0 Å². The van der Waals surface area contributed by atoms with Gasteiger partial charge < -0.3 is 9.73 Å². The zero-order valence-electron chi connectivity index (χ0n) is 13.7. The van der Waals surface area contributed by atoms with Gasteiger partial charge in [0.25, 0.3) is 0 Å². The Hall–Kier alpha value is -2.86. The van der Waals surface area contributed by atoms with Crippen molar-refractivity contribution in [3.8, 4) is 0 Å². The van der Waals surface area contributed by atoms with Crippen LogP contribution in [0.5, 0.6) is 0 Å². The van der Waals surface area contributed by atoms with E-state index in [0.29, 0.717) is 35.1 Å². The van der Waals surface area contributed by atoms with Gasteiger partial charge in [-0.25, -0.2) is 4.68 Å². The smallest absolute Gasteiger partial charge is 0.226 e. The molecule has 2 aliphatic rings. The van der Waals surface area contributed by atoms with Gasteiger partial charge in [-0.3, -0.25) is 4.79 Å². The predicted octanol–water partition coefficient (Wildman–Crippen LogP) is 3.94. The first-order valence-corrected chi connectivity index (χ1v) is 8.80. The molecule has 1 N–H and O–H groups in total. The molecule has 1 aliphatic heterocycles. The number of allylic oxidation sites excluding steroid dienone is 2. The molecule has 0 bridgehead atoms. The van der Waals surface area contributed by atoms with E-state index in [0.717, 1.165) is 11.3 Å². The van der Waals surface area contributed by atoms with Crippen LogP contribution in [0.15, 0.2) is 64.7 Å². The standard InChI is InChI=1S/C19H15ClN4O2/c20-13-4-1-3-11(7-13)12-8-14-17(15(25)9-12)18(16-5-2-6-26-16)24-19(23-14)21-10-22-24/h1-7,10,12,18H,8-9H2,(H,21,22,23)/t12-,18-/m1/s1. The Labute approximate surface area is 154 Å². The number of carbonyl (C=O) groups is 1. The van der Waals surface area contributed by atoms with Crippen molar-refractivity contribution in [1.82, 2.24) is 14.8 Å². The van der Waals surface area contributed by atoms with E-state index in [1.807, 2.05) is 36.4 Å². The maximum absolute atomic E-state index is 13.1. The van der Waals surface area contributed by atoms with E-state index >= 15 is 0 Å². The second-order valence-electron chi connectivity index (χ2n) is 6.55. The number of fused-ring (bicyclic) bond motifs is 1. The Bertz CT molecular complexity index is 1020. The van der Waals surface area contributed by atoms with Crippen molar-refractivity contribution in [1.29, 1.82) is 0 Å². The molecule has 0 unspecified atom stereocenters. The first-order valence-electron chi connectivity index (χ1n) is 8.42. The van der Waals surface area contributed by atoms with Gasteiger partial charge >= 0.3 is 0 Å². The molecule has 0 radical (unpaired) electrons. The average Bonchev–Trinajstić information content (AvgIpc) is 3.31. The van der Waals surface area contributed by atoms with E-state index in [4.69, 9.17) is 16.0 Å². The summed E-state index contributed by atoms with van der Waals surface area (Å²) < 4.78 is 7.31. The summed E-state index contributed by atoms with van der Waals surface area (Å²) in [4.78, 5) is 17.4. The van der Waals surface area contributed by atoms with Crippen molar-refractivity contribution in [2.75, 3.05) is 5.32 Å². The molecule has 2 aromatic heterocycles. The fourth-order valence-corrected chi connectivity index (χ4v) is 4.06. The fraction of sp³-hybridized carbons (Fsp3) is 0.211. The Morgan fingerprint density at radius 3 is 2.96 bits per heavy atom. The van der Waals surface area contributed by atoms with Gasteiger partial charge in [0.15, 0.2) is 5.78 Å². The number of hydrogen-bond donors (Lipinski definition) is 1. The van der Waals surface area contributed by atoms with Crippen molar-refractivity contribution in [3.05, 3.63) is 76.6 Å². The van der Waals surface area contributed by atoms with Crippen LogP contribution in [-0.4, -0.2) is 20.5 Å². The van der Waals surface area contributed by atoms with Crippen molar-refractivity contribution in [2.24, 2.45) is 0 Å². The molecule has 3 heterocycles. The molecular formula is C19H15ClN4O2. The molecule has 5 rings (SSSR count). The maximum atomic E-state index is 13.1. The lowest BCUT2D eigenvalue weighted by atomic mass is 9.79. The van der Waals surface area contributed by atoms with Crippen molar-refractivity contribution < 1.29 is 9.21 Å². The molecule has 1 aromatic carbocycles. The second-order valence-corrected chi connectivity index (χ2v) is 6.98. The molecule has 130 valence electrons. The summed E-state index contributed by atoms with van der Waals surface area (Å²) in [6.45, 7) is 0. The lowest BCUT2D eigenvalue weighted by molar-refractivity contribution is -0.116. The SMILES string of the molecule is O=C1C[C@H](c2cccc(Cl)c2)CC2=C1[C@@H](c1ccco1)n1ncnc1N2. The highest BCUT2D eigenvalue weighted by molar-refractivity contribution is 6.30. The van der Waals surface area contributed by atoms with Gasteiger partial charge in [-0.2, -0.15) is 10.1 Å². The molecule has 26 heavy (non-hydrogen) atoms. The third-order valence-electron chi connectivity index (χ3n) is 4.99. The van der Waals surface area contributed by atoms with Crippen LogP contribution in [0.2, 0.25) is 5.02 Å². The summed E-state index contributed by atoms with van der Waals surface area (Å²) in [7, 11) is 0. The summed E-state index contributed by atoms with van der Waals surface area (Å²) in [6.07, 6.45) is 4.24. The number of anilines is 1. The molecule has 0 saturated heterocycles. The Kier molecular flexibility index (Phi) is 3.46. The zero-order chi connectivity index (χ0) is 17.7. The highest BCUT2D eigenvalue weighted by Gasteiger charge is 2.40. The van der Waals surface area contributed by atoms with E-state index in [9.17, 15) is 4.79 Å². The molecule has 6 nitrogen and oxygen atoms in total. The van der Waals surface area contributed by atoms with Crippen LogP contribution in [0.25, 0.3) is 0 Å². The van der Waals surface area contributed by atoms with Crippen LogP contribution in [-0.2, 0) is 4.79 Å². The highest BCUT2D eigenvalue weighted by atomic mass is 35.5. The number of nitrogens with one attached hydrogen (secondary N) is 1. The number of ketones is 1. The summed E-state index contributed by atoms with van der Waals surface area (Å²) >= 11 is 6.13. The Morgan fingerprint density at radius 2 is 2.15 bits per heavy atom. The van der Waals surface area contributed by atoms with Crippen LogP contribution in [0.4, 0.5) is 5.95 Å². The highest BCUT2D eigenvalue weighted by Crippen LogP contribution is 2.44. The average molecular weight is 367 g/mol. The number of hydrogen-bond acceptors (Lipinski definition) is 5. The monoisotopic (exact) mass is 366 g/mol. The van der Waals surface area contributed by atoms with Crippen molar-refractivity contribution in [3.63, 3.8) is 0 Å². The molecular weight excluding hydrogens is 352 g/mol. The maximum Gasteiger partial charge on any atom is 0.226 e. The van der Waals surface area contributed by atoms with Gasteiger partial charge in [0.05, 0.1) is 6.26 Å². The van der Waals surface area contributed by atoms with Crippen LogP contribution in [0.1, 0.15) is 36.1 Å². The number of aromatic nitrogens is 3. The van der Waals surface area contributed by atoms with Crippen molar-refractivity contribution >= 4 is 23.3 Å². The Morgan fingerprint density at radius 1 is 1.23 bits per heavy atom. The number of carbonyl (C=O) groups excluding carboxylic acids is 1. The normalized spacial score (nSPS) is 22.0. The van der Waals surface area contributed by atoms with E-state index in [1.54, 1.807) is 10.9 Å². The van der Waals surface area contributed by atoms with Gasteiger partial charge in [-0.1, -0.05) is 23.7 Å². The molecule has 7 heteroatoms. The molecule has 1 aliphatic carbocycles. The zero-order valence-corrected chi connectivity index (χ0v) is 14.5. The number of benzene rings is 1. The summed E-state index contributed by atoms with van der Waals surface area (Å²) in [6, 6.07) is 11.0. The summed E-state index contributed by atoms with van der Waals surface area (Å²) in [5.41, 5.74) is 2.66. The molecule has 2 atom stereocenters. The van der Waals surface area contributed by atoms with Crippen LogP contribution in [0, 0.1) is 0 Å². The predicted molar refractivity (Wildman–Crippen MR) is 96.0 cm³/mol. The minimum absolute atomic E-state index is 0.0826. The van der Waals surface area contributed by atoms with Crippen LogP contribution in [0.3, 0.4) is 0 Å². The molecule has 0 amide bonds. The summed E-state index contributed by atoms with van der Waals surface area (Å²) in [5.74, 6) is 1.47. The van der Waals surface area contributed by atoms with Crippen molar-refractivity contribution in [2.45, 2.75) is 24.8 Å². The second kappa shape index (κ2) is 5.85. The fourth-order valence-electron chi connectivity index (χ4n) is 3.86. The third-order valence-corrected chi connectivity index (χ3v) is 5.23. The van der Waals surface area contributed by atoms with Gasteiger partial charge in [0.2, 0.25) is 5.95 Å². The quantitative estimate of drug-likeness (QED) is 0.743. The molecule has 0 fully saturated rings. The van der Waals surface area contributed by atoms with E-state index in [2.05, 4.69) is 15.4 Å². The summed E-state index contributed by atoms with van der Waals surface area (Å²) in [5, 5.41) is 8.26. The molecule has 0 spiro atoms. The van der Waals surface area contributed by atoms with Gasteiger partial charge in [0.1, 0.15) is 18.1 Å². The van der Waals surface area contributed by atoms with Gasteiger partial charge in [0, 0.05) is 22.7 Å². The Balaban J connectivity index is 1.59. The van der Waals surface area contributed by atoms with Crippen LogP contribution >= 0.6 is 11.6 Å². The first-order chi connectivity index (χ1) is 12.7. The number of rotatable bonds is 2. The van der Waals surface area contributed by atoms with E-state index < -0.39 is 0 Å². The number of nitrogens with zero attached hydrogens (tertiary/aromatic N) is 3. The molecule has 3 aromatic rings. The van der Waals surface area contributed by atoms with E-state index in [1.165, 1.54) is 6.33 Å². The number of Topliss-reactive ketones (excluding diaryl/α,β-unsaturated/α-hetero) is 1. The first kappa shape index (κ1) is 15.4. The third kappa shape index (κ3) is 2.37. The number of furan rings is 1.